The van der Waals surface area contributed by atoms with Crippen molar-refractivity contribution in [3.63, 3.8) is 0 Å². The van der Waals surface area contributed by atoms with Crippen LogP contribution in [0.15, 0.2) is 42.6 Å². The average Bonchev–Trinajstić information content (AvgIpc) is 2.14. The molecule has 1 aromatic carbocycles. The van der Waals surface area contributed by atoms with E-state index in [1.807, 2.05) is 30.3 Å². The number of carbonyl (C=O) groups is 1. The number of anilines is 1. The molecule has 1 rings (SSSR count). The highest BCUT2D eigenvalue weighted by Gasteiger charge is 1.88. The van der Waals surface area contributed by atoms with Crippen molar-refractivity contribution in [3.8, 4) is 0 Å². The first kappa shape index (κ1) is 9.32. The summed E-state index contributed by atoms with van der Waals surface area (Å²) in [6.45, 7) is 0. The molecule has 0 radical (unpaired) electrons. The van der Waals surface area contributed by atoms with Crippen molar-refractivity contribution in [2.24, 2.45) is 0 Å². The number of benzene rings is 1. The Morgan fingerprint density at radius 2 is 2.08 bits per heavy atom. The molecule has 3 heteroatoms. The summed E-state index contributed by atoms with van der Waals surface area (Å²) in [4.78, 5) is 10.1. The lowest BCUT2D eigenvalue weighted by Crippen LogP contribution is -1.92. The number of hydrogen-bond donors (Lipinski definition) is 2. The van der Waals surface area contributed by atoms with Gasteiger partial charge in [-0.1, -0.05) is 24.3 Å². The van der Waals surface area contributed by atoms with Crippen molar-refractivity contribution >= 4 is 11.7 Å². The molecule has 1 aromatic rings. The summed E-state index contributed by atoms with van der Waals surface area (Å²) in [5, 5.41) is 11.3. The lowest BCUT2D eigenvalue weighted by atomic mass is 10.3. The molecule has 0 saturated heterocycles. The van der Waals surface area contributed by atoms with E-state index < -0.39 is 5.97 Å². The Morgan fingerprint density at radius 3 is 2.69 bits per heavy atom. The second-order valence-electron chi connectivity index (χ2n) is 2.51. The maximum atomic E-state index is 10.1. The number of carboxylic acid groups (broad SMARTS) is 1. The molecule has 0 amide bonds. The zero-order valence-electron chi connectivity index (χ0n) is 7.10. The molecule has 0 aliphatic heterocycles. The Labute approximate surface area is 76.7 Å². The van der Waals surface area contributed by atoms with E-state index in [2.05, 4.69) is 5.32 Å². The van der Waals surface area contributed by atoms with Gasteiger partial charge in [0.1, 0.15) is 0 Å². The molecule has 0 aliphatic carbocycles. The van der Waals surface area contributed by atoms with Crippen LogP contribution in [-0.2, 0) is 4.79 Å². The summed E-state index contributed by atoms with van der Waals surface area (Å²) >= 11 is 0. The van der Waals surface area contributed by atoms with Crippen LogP contribution in [-0.4, -0.2) is 11.1 Å². The van der Waals surface area contributed by atoms with Crippen molar-refractivity contribution in [3.05, 3.63) is 42.6 Å². The predicted octanol–water partition coefficient (Wildman–Crippen LogP) is 2.09. The van der Waals surface area contributed by atoms with Gasteiger partial charge in [-0.05, 0) is 18.3 Å². The van der Waals surface area contributed by atoms with E-state index in [-0.39, 0.29) is 6.42 Å². The third kappa shape index (κ3) is 3.96. The molecule has 0 unspecified atom stereocenters. The summed E-state index contributed by atoms with van der Waals surface area (Å²) in [6.07, 6.45) is 3.23. The number of aliphatic carboxylic acids is 1. The number of hydrogen-bond acceptors (Lipinski definition) is 2. The number of carboxylic acids is 1. The van der Waals surface area contributed by atoms with E-state index in [1.54, 1.807) is 12.3 Å². The fourth-order valence-electron chi connectivity index (χ4n) is 0.849. The van der Waals surface area contributed by atoms with Crippen molar-refractivity contribution in [2.75, 3.05) is 5.32 Å². The van der Waals surface area contributed by atoms with Gasteiger partial charge in [0.2, 0.25) is 0 Å². The molecule has 68 valence electrons. The summed E-state index contributed by atoms with van der Waals surface area (Å²) in [5.74, 6) is -0.828. The van der Waals surface area contributed by atoms with Crippen molar-refractivity contribution in [2.45, 2.75) is 6.42 Å². The molecule has 3 nitrogen and oxygen atoms in total. The molecule has 0 aromatic heterocycles. The molecule has 0 aliphatic rings. The van der Waals surface area contributed by atoms with Crippen LogP contribution in [0.2, 0.25) is 0 Å². The molecule has 2 N–H and O–H groups in total. The summed E-state index contributed by atoms with van der Waals surface area (Å²) < 4.78 is 0. The minimum atomic E-state index is -0.828. The van der Waals surface area contributed by atoms with E-state index in [0.717, 1.165) is 5.69 Å². The maximum absolute atomic E-state index is 10.1. The smallest absolute Gasteiger partial charge is 0.307 e. The highest BCUT2D eigenvalue weighted by molar-refractivity contribution is 5.68. The monoisotopic (exact) mass is 177 g/mol. The minimum Gasteiger partial charge on any atom is -0.481 e. The van der Waals surface area contributed by atoms with E-state index in [1.165, 1.54) is 0 Å². The maximum Gasteiger partial charge on any atom is 0.307 e. The summed E-state index contributed by atoms with van der Waals surface area (Å²) in [7, 11) is 0. The first-order valence-electron chi connectivity index (χ1n) is 3.97. The highest BCUT2D eigenvalue weighted by Crippen LogP contribution is 2.04. The van der Waals surface area contributed by atoms with Gasteiger partial charge >= 0.3 is 5.97 Å². The standard InChI is InChI=1S/C10H11NO2/c12-10(13)7-4-8-11-9-5-2-1-3-6-9/h1-6,8,11H,7H2,(H,12,13)/b8-4+. The van der Waals surface area contributed by atoms with Crippen LogP contribution in [0.5, 0.6) is 0 Å². The van der Waals surface area contributed by atoms with Gasteiger partial charge in [0, 0.05) is 5.69 Å². The van der Waals surface area contributed by atoms with Crippen molar-refractivity contribution in [1.29, 1.82) is 0 Å². The largest absolute Gasteiger partial charge is 0.481 e. The number of para-hydroxylation sites is 1. The van der Waals surface area contributed by atoms with Crippen LogP contribution in [0.1, 0.15) is 6.42 Å². The van der Waals surface area contributed by atoms with Crippen LogP contribution in [0, 0.1) is 0 Å². The van der Waals surface area contributed by atoms with E-state index in [0.29, 0.717) is 0 Å². The fraction of sp³-hybridized carbons (Fsp3) is 0.100. The van der Waals surface area contributed by atoms with Gasteiger partial charge < -0.3 is 10.4 Å². The van der Waals surface area contributed by atoms with Crippen LogP contribution in [0.25, 0.3) is 0 Å². The Morgan fingerprint density at radius 1 is 1.38 bits per heavy atom. The van der Waals surface area contributed by atoms with E-state index >= 15 is 0 Å². The van der Waals surface area contributed by atoms with Gasteiger partial charge in [-0.15, -0.1) is 0 Å². The molecule has 0 heterocycles. The Kier molecular flexibility index (Phi) is 3.57. The predicted molar refractivity (Wildman–Crippen MR) is 51.5 cm³/mol. The molecular weight excluding hydrogens is 166 g/mol. The lowest BCUT2D eigenvalue weighted by molar-refractivity contribution is -0.136. The minimum absolute atomic E-state index is 0.0415. The topological polar surface area (TPSA) is 49.3 Å². The van der Waals surface area contributed by atoms with Gasteiger partial charge in [0.05, 0.1) is 6.42 Å². The van der Waals surface area contributed by atoms with Crippen LogP contribution >= 0.6 is 0 Å². The molecule has 0 bridgehead atoms. The van der Waals surface area contributed by atoms with Crippen LogP contribution in [0.4, 0.5) is 5.69 Å². The SMILES string of the molecule is O=C(O)C/C=C/Nc1ccccc1. The molecule has 0 fully saturated rings. The molecular formula is C10H11NO2. The van der Waals surface area contributed by atoms with E-state index in [4.69, 9.17) is 5.11 Å². The summed E-state index contributed by atoms with van der Waals surface area (Å²) in [6, 6.07) is 9.56. The fourth-order valence-corrected chi connectivity index (χ4v) is 0.849. The summed E-state index contributed by atoms with van der Waals surface area (Å²) in [5.41, 5.74) is 0.948. The van der Waals surface area contributed by atoms with Crippen molar-refractivity contribution < 1.29 is 9.90 Å². The van der Waals surface area contributed by atoms with Crippen molar-refractivity contribution in [1.82, 2.24) is 0 Å². The molecule has 0 atom stereocenters. The first-order chi connectivity index (χ1) is 6.29. The third-order valence-corrected chi connectivity index (χ3v) is 1.43. The average molecular weight is 177 g/mol. The Balaban J connectivity index is 2.35. The van der Waals surface area contributed by atoms with Gasteiger partial charge in [-0.3, -0.25) is 4.79 Å². The van der Waals surface area contributed by atoms with Gasteiger partial charge in [-0.2, -0.15) is 0 Å². The van der Waals surface area contributed by atoms with Crippen LogP contribution in [0.3, 0.4) is 0 Å². The van der Waals surface area contributed by atoms with Crippen LogP contribution < -0.4 is 5.32 Å². The quantitative estimate of drug-likeness (QED) is 0.740. The lowest BCUT2D eigenvalue weighted by Gasteiger charge is -1.97. The Hall–Kier alpha value is -1.77. The van der Waals surface area contributed by atoms with E-state index in [9.17, 15) is 4.79 Å². The second-order valence-corrected chi connectivity index (χ2v) is 2.51. The normalized spacial score (nSPS) is 10.2. The zero-order chi connectivity index (χ0) is 9.52. The second kappa shape index (κ2) is 4.98. The third-order valence-electron chi connectivity index (χ3n) is 1.43. The first-order valence-corrected chi connectivity index (χ1v) is 3.97. The zero-order valence-corrected chi connectivity index (χ0v) is 7.10. The highest BCUT2D eigenvalue weighted by atomic mass is 16.4. The molecule has 0 spiro atoms. The van der Waals surface area contributed by atoms with Gasteiger partial charge in [0.15, 0.2) is 0 Å². The number of nitrogens with one attached hydrogen (secondary N) is 1. The van der Waals surface area contributed by atoms with Gasteiger partial charge in [-0.25, -0.2) is 0 Å². The Bertz CT molecular complexity index is 293. The molecule has 13 heavy (non-hydrogen) atoms. The number of rotatable bonds is 4. The molecule has 0 saturated carbocycles. The van der Waals surface area contributed by atoms with Gasteiger partial charge in [0.25, 0.3) is 0 Å².